The Morgan fingerprint density at radius 1 is 1.34 bits per heavy atom. The first-order valence-electron chi connectivity index (χ1n) is 9.95. The molecule has 1 aromatic carbocycles. The Morgan fingerprint density at radius 2 is 2.07 bits per heavy atom. The van der Waals surface area contributed by atoms with Crippen LogP contribution >= 0.6 is 11.8 Å². The molecule has 1 aromatic heterocycles. The summed E-state index contributed by atoms with van der Waals surface area (Å²) >= 11 is 1.38. The van der Waals surface area contributed by atoms with Crippen LogP contribution in [0.15, 0.2) is 42.1 Å². The van der Waals surface area contributed by atoms with Crippen LogP contribution in [0.5, 0.6) is 5.75 Å². The van der Waals surface area contributed by atoms with Crippen molar-refractivity contribution in [3.8, 4) is 5.75 Å². The summed E-state index contributed by atoms with van der Waals surface area (Å²) in [4.78, 5) is 12.6. The second-order valence-electron chi connectivity index (χ2n) is 7.14. The predicted octanol–water partition coefficient (Wildman–Crippen LogP) is 4.11. The van der Waals surface area contributed by atoms with Crippen molar-refractivity contribution in [2.24, 2.45) is 0 Å². The SMILES string of the molecule is C=CCn1c(COc2ccc(F)cc2)nnc1S[C@H](C)C(=O)NC1CCCCC1. The van der Waals surface area contributed by atoms with E-state index in [1.54, 1.807) is 18.2 Å². The third-order valence-electron chi connectivity index (χ3n) is 4.89. The topological polar surface area (TPSA) is 69.0 Å². The van der Waals surface area contributed by atoms with Gasteiger partial charge in [0.25, 0.3) is 0 Å². The first-order chi connectivity index (χ1) is 14.1. The van der Waals surface area contributed by atoms with Gasteiger partial charge in [-0.15, -0.1) is 16.8 Å². The predicted molar refractivity (Wildman–Crippen MR) is 111 cm³/mol. The highest BCUT2D eigenvalue weighted by Crippen LogP contribution is 2.24. The maximum Gasteiger partial charge on any atom is 0.233 e. The molecule has 1 aliphatic rings. The maximum atomic E-state index is 13.0. The van der Waals surface area contributed by atoms with Gasteiger partial charge in [0, 0.05) is 12.6 Å². The Balaban J connectivity index is 1.61. The number of nitrogens with one attached hydrogen (secondary N) is 1. The van der Waals surface area contributed by atoms with E-state index in [2.05, 4.69) is 22.1 Å². The van der Waals surface area contributed by atoms with Crippen LogP contribution in [0.3, 0.4) is 0 Å². The lowest BCUT2D eigenvalue weighted by atomic mass is 9.95. The van der Waals surface area contributed by atoms with Crippen molar-refractivity contribution in [2.75, 3.05) is 0 Å². The quantitative estimate of drug-likeness (QED) is 0.490. The van der Waals surface area contributed by atoms with Gasteiger partial charge in [0.1, 0.15) is 18.2 Å². The van der Waals surface area contributed by atoms with Crippen LogP contribution in [0.1, 0.15) is 44.9 Å². The van der Waals surface area contributed by atoms with E-state index in [1.165, 1.54) is 43.2 Å². The third-order valence-corrected chi connectivity index (χ3v) is 5.97. The molecule has 6 nitrogen and oxygen atoms in total. The van der Waals surface area contributed by atoms with E-state index < -0.39 is 0 Å². The first-order valence-corrected chi connectivity index (χ1v) is 10.8. The van der Waals surface area contributed by atoms with Crippen LogP contribution in [0.25, 0.3) is 0 Å². The number of aromatic nitrogens is 3. The lowest BCUT2D eigenvalue weighted by molar-refractivity contribution is -0.121. The molecule has 1 atom stereocenters. The Labute approximate surface area is 174 Å². The summed E-state index contributed by atoms with van der Waals surface area (Å²) in [5.74, 6) is 0.885. The standard InChI is InChI=1S/C21H27FN4O2S/c1-3-13-26-19(14-28-18-11-9-16(22)10-12-18)24-25-21(26)29-15(2)20(27)23-17-7-5-4-6-8-17/h3,9-12,15,17H,1,4-8,13-14H2,2H3,(H,23,27)/t15-/m1/s1. The Morgan fingerprint density at radius 3 is 2.76 bits per heavy atom. The average Bonchev–Trinajstić information content (AvgIpc) is 3.10. The summed E-state index contributed by atoms with van der Waals surface area (Å²) < 4.78 is 20.6. The van der Waals surface area contributed by atoms with Crippen LogP contribution in [0.4, 0.5) is 4.39 Å². The molecule has 3 rings (SSSR count). The molecule has 1 aliphatic carbocycles. The zero-order valence-electron chi connectivity index (χ0n) is 16.6. The molecule has 2 aromatic rings. The summed E-state index contributed by atoms with van der Waals surface area (Å²) in [6.07, 6.45) is 7.47. The van der Waals surface area contributed by atoms with Gasteiger partial charge in [-0.3, -0.25) is 9.36 Å². The fraction of sp³-hybridized carbons (Fsp3) is 0.476. The molecule has 8 heteroatoms. The summed E-state index contributed by atoms with van der Waals surface area (Å²) in [7, 11) is 0. The number of rotatable bonds is 9. The highest BCUT2D eigenvalue weighted by Gasteiger charge is 2.23. The Kier molecular flexibility index (Phi) is 7.69. The van der Waals surface area contributed by atoms with Gasteiger partial charge in [-0.05, 0) is 44.0 Å². The lowest BCUT2D eigenvalue weighted by Crippen LogP contribution is -2.40. The molecule has 29 heavy (non-hydrogen) atoms. The molecule has 0 unspecified atom stereocenters. The molecule has 1 heterocycles. The van der Waals surface area contributed by atoms with Gasteiger partial charge < -0.3 is 10.1 Å². The number of halogens is 1. The highest BCUT2D eigenvalue weighted by atomic mass is 32.2. The molecule has 1 fully saturated rings. The van der Waals surface area contributed by atoms with Gasteiger partial charge in [-0.25, -0.2) is 4.39 Å². The van der Waals surface area contributed by atoms with E-state index in [9.17, 15) is 9.18 Å². The smallest absolute Gasteiger partial charge is 0.233 e. The zero-order valence-corrected chi connectivity index (χ0v) is 17.5. The highest BCUT2D eigenvalue weighted by molar-refractivity contribution is 8.00. The number of thioether (sulfide) groups is 1. The molecule has 1 N–H and O–H groups in total. The van der Waals surface area contributed by atoms with Crippen molar-refractivity contribution in [3.63, 3.8) is 0 Å². The molecule has 156 valence electrons. The van der Waals surface area contributed by atoms with Crippen molar-refractivity contribution < 1.29 is 13.9 Å². The molecular weight excluding hydrogens is 391 g/mol. The van der Waals surface area contributed by atoms with Crippen molar-refractivity contribution >= 4 is 17.7 Å². The van der Waals surface area contributed by atoms with Gasteiger partial charge in [0.15, 0.2) is 11.0 Å². The van der Waals surface area contributed by atoms with Gasteiger partial charge in [0.2, 0.25) is 5.91 Å². The lowest BCUT2D eigenvalue weighted by Gasteiger charge is -2.24. The summed E-state index contributed by atoms with van der Waals surface area (Å²) in [5, 5.41) is 12.0. The molecule has 0 bridgehead atoms. The van der Waals surface area contributed by atoms with Gasteiger partial charge in [-0.2, -0.15) is 0 Å². The average molecular weight is 419 g/mol. The van der Waals surface area contributed by atoms with E-state index in [0.29, 0.717) is 23.3 Å². The minimum absolute atomic E-state index is 0.0270. The largest absolute Gasteiger partial charge is 0.486 e. The van der Waals surface area contributed by atoms with Crippen LogP contribution in [-0.2, 0) is 17.9 Å². The molecule has 0 aliphatic heterocycles. The maximum absolute atomic E-state index is 13.0. The molecule has 1 amide bonds. The second-order valence-corrected chi connectivity index (χ2v) is 8.45. The van der Waals surface area contributed by atoms with E-state index in [0.717, 1.165) is 12.8 Å². The van der Waals surface area contributed by atoms with Gasteiger partial charge >= 0.3 is 0 Å². The second kappa shape index (κ2) is 10.4. The minimum Gasteiger partial charge on any atom is -0.486 e. The van der Waals surface area contributed by atoms with Crippen LogP contribution in [0, 0.1) is 5.82 Å². The number of carbonyl (C=O) groups excluding carboxylic acids is 1. The summed E-state index contributed by atoms with van der Waals surface area (Å²) in [6.45, 7) is 6.37. The van der Waals surface area contributed by atoms with Crippen molar-refractivity contribution in [2.45, 2.75) is 68.6 Å². The van der Waals surface area contributed by atoms with Gasteiger partial charge in [-0.1, -0.05) is 37.1 Å². The number of allylic oxidation sites excluding steroid dienone is 1. The summed E-state index contributed by atoms with van der Waals surface area (Å²) in [6, 6.07) is 6.10. The fourth-order valence-corrected chi connectivity index (χ4v) is 4.17. The minimum atomic E-state index is -0.314. The van der Waals surface area contributed by atoms with Crippen molar-refractivity contribution in [3.05, 3.63) is 48.6 Å². The number of hydrogen-bond acceptors (Lipinski definition) is 5. The Hall–Kier alpha value is -2.35. The summed E-state index contributed by atoms with van der Waals surface area (Å²) in [5.41, 5.74) is 0. The van der Waals surface area contributed by atoms with Crippen molar-refractivity contribution in [1.29, 1.82) is 0 Å². The molecular formula is C21H27FN4O2S. The fourth-order valence-electron chi connectivity index (χ4n) is 3.28. The number of hydrogen-bond donors (Lipinski definition) is 1. The first kappa shape index (κ1) is 21.4. The van der Waals surface area contributed by atoms with E-state index >= 15 is 0 Å². The number of nitrogens with zero attached hydrogens (tertiary/aromatic N) is 3. The Bertz CT molecular complexity index is 819. The van der Waals surface area contributed by atoms with Crippen molar-refractivity contribution in [1.82, 2.24) is 20.1 Å². The number of benzene rings is 1. The van der Waals surface area contributed by atoms with E-state index in [-0.39, 0.29) is 29.6 Å². The monoisotopic (exact) mass is 418 g/mol. The van der Waals surface area contributed by atoms with E-state index in [4.69, 9.17) is 4.74 Å². The molecule has 1 saturated carbocycles. The van der Waals surface area contributed by atoms with Crippen LogP contribution in [0.2, 0.25) is 0 Å². The number of ether oxygens (including phenoxy) is 1. The van der Waals surface area contributed by atoms with Crippen LogP contribution < -0.4 is 10.1 Å². The number of amides is 1. The molecule has 0 spiro atoms. The zero-order chi connectivity index (χ0) is 20.6. The normalized spacial score (nSPS) is 15.7. The third kappa shape index (κ3) is 6.06. The van der Waals surface area contributed by atoms with E-state index in [1.807, 2.05) is 11.5 Å². The number of carbonyl (C=O) groups is 1. The molecule has 0 saturated heterocycles. The van der Waals surface area contributed by atoms with Crippen LogP contribution in [-0.4, -0.2) is 32.0 Å². The van der Waals surface area contributed by atoms with Gasteiger partial charge in [0.05, 0.1) is 5.25 Å². The molecule has 0 radical (unpaired) electrons.